The smallest absolute Gasteiger partial charge is 0.236 e. The zero-order chi connectivity index (χ0) is 15.2. The maximum Gasteiger partial charge on any atom is 0.236 e. The standard InChI is InChI=1S/C17H27N3O/c1-14(2)20(17(21)12-18)16-8-10-19(11-9-16)13-15-6-4-3-5-7-15/h3-7,14,16H,8-13,18H2,1-2H3. The van der Waals surface area contributed by atoms with Crippen LogP contribution in [-0.4, -0.2) is 47.4 Å². The lowest BCUT2D eigenvalue weighted by Gasteiger charge is -2.40. The van der Waals surface area contributed by atoms with Crippen LogP contribution in [0.1, 0.15) is 32.3 Å². The molecule has 0 spiro atoms. The highest BCUT2D eigenvalue weighted by molar-refractivity contribution is 5.78. The number of carbonyl (C=O) groups excluding carboxylic acids is 1. The highest BCUT2D eigenvalue weighted by Gasteiger charge is 2.28. The van der Waals surface area contributed by atoms with Gasteiger partial charge in [0.15, 0.2) is 0 Å². The summed E-state index contributed by atoms with van der Waals surface area (Å²) in [7, 11) is 0. The number of nitrogens with zero attached hydrogens (tertiary/aromatic N) is 2. The van der Waals surface area contributed by atoms with Gasteiger partial charge in [-0.25, -0.2) is 0 Å². The molecule has 1 fully saturated rings. The molecule has 0 aliphatic carbocycles. The zero-order valence-electron chi connectivity index (χ0n) is 13.2. The van der Waals surface area contributed by atoms with Gasteiger partial charge in [0.1, 0.15) is 0 Å². The minimum atomic E-state index is 0.0755. The Kier molecular flexibility index (Phi) is 5.76. The Balaban J connectivity index is 1.88. The van der Waals surface area contributed by atoms with Gasteiger partial charge >= 0.3 is 0 Å². The van der Waals surface area contributed by atoms with Gasteiger partial charge in [0.2, 0.25) is 5.91 Å². The number of benzene rings is 1. The Labute approximate surface area is 127 Å². The Morgan fingerprint density at radius 1 is 1.29 bits per heavy atom. The summed E-state index contributed by atoms with van der Waals surface area (Å²) in [5.41, 5.74) is 6.90. The molecule has 0 unspecified atom stereocenters. The van der Waals surface area contributed by atoms with Crippen LogP contribution in [0.25, 0.3) is 0 Å². The van der Waals surface area contributed by atoms with E-state index in [4.69, 9.17) is 5.73 Å². The van der Waals surface area contributed by atoms with E-state index in [0.717, 1.165) is 32.5 Å². The van der Waals surface area contributed by atoms with Gasteiger partial charge < -0.3 is 10.6 Å². The molecule has 1 heterocycles. The number of rotatable bonds is 5. The molecular formula is C17H27N3O. The summed E-state index contributed by atoms with van der Waals surface area (Å²) in [5, 5.41) is 0. The molecule has 1 aromatic rings. The maximum absolute atomic E-state index is 12.0. The van der Waals surface area contributed by atoms with E-state index in [-0.39, 0.29) is 18.5 Å². The zero-order valence-corrected chi connectivity index (χ0v) is 13.2. The molecule has 1 aliphatic rings. The van der Waals surface area contributed by atoms with Crippen molar-refractivity contribution < 1.29 is 4.79 Å². The van der Waals surface area contributed by atoms with E-state index in [0.29, 0.717) is 6.04 Å². The van der Waals surface area contributed by atoms with Crippen molar-refractivity contribution in [1.29, 1.82) is 0 Å². The average Bonchev–Trinajstić information content (AvgIpc) is 2.49. The third-order valence-corrected chi connectivity index (χ3v) is 4.22. The molecule has 0 aromatic heterocycles. The molecule has 0 saturated carbocycles. The molecular weight excluding hydrogens is 262 g/mol. The Morgan fingerprint density at radius 2 is 1.90 bits per heavy atom. The fourth-order valence-electron chi connectivity index (χ4n) is 3.22. The highest BCUT2D eigenvalue weighted by atomic mass is 16.2. The van der Waals surface area contributed by atoms with Crippen LogP contribution in [0, 0.1) is 0 Å². The van der Waals surface area contributed by atoms with Crippen molar-refractivity contribution in [2.45, 2.75) is 45.3 Å². The molecule has 4 heteroatoms. The number of piperidine rings is 1. The molecule has 116 valence electrons. The molecule has 0 atom stereocenters. The minimum Gasteiger partial charge on any atom is -0.336 e. The number of amides is 1. The van der Waals surface area contributed by atoms with Crippen LogP contribution in [0.15, 0.2) is 30.3 Å². The van der Waals surface area contributed by atoms with Crippen LogP contribution in [0.3, 0.4) is 0 Å². The van der Waals surface area contributed by atoms with Crippen LogP contribution in [0.5, 0.6) is 0 Å². The molecule has 1 aromatic carbocycles. The Hall–Kier alpha value is -1.39. The van der Waals surface area contributed by atoms with E-state index in [1.807, 2.05) is 4.90 Å². The van der Waals surface area contributed by atoms with E-state index in [1.165, 1.54) is 5.56 Å². The summed E-state index contributed by atoms with van der Waals surface area (Å²) in [6.45, 7) is 7.34. The van der Waals surface area contributed by atoms with Gasteiger partial charge in [-0.3, -0.25) is 9.69 Å². The van der Waals surface area contributed by atoms with E-state index < -0.39 is 0 Å². The van der Waals surface area contributed by atoms with Gasteiger partial charge in [-0.2, -0.15) is 0 Å². The third-order valence-electron chi connectivity index (χ3n) is 4.22. The molecule has 1 amide bonds. The van der Waals surface area contributed by atoms with Crippen LogP contribution < -0.4 is 5.73 Å². The topological polar surface area (TPSA) is 49.6 Å². The number of likely N-dealkylation sites (tertiary alicyclic amines) is 1. The normalized spacial score (nSPS) is 17.1. The maximum atomic E-state index is 12.0. The van der Waals surface area contributed by atoms with Crippen molar-refractivity contribution in [3.63, 3.8) is 0 Å². The van der Waals surface area contributed by atoms with Gasteiger partial charge in [0, 0.05) is 31.7 Å². The summed E-state index contributed by atoms with van der Waals surface area (Å²) in [4.78, 5) is 16.5. The van der Waals surface area contributed by atoms with E-state index in [9.17, 15) is 4.79 Å². The fourth-order valence-corrected chi connectivity index (χ4v) is 3.22. The van der Waals surface area contributed by atoms with Crippen molar-refractivity contribution >= 4 is 5.91 Å². The first-order chi connectivity index (χ1) is 10.1. The molecule has 2 N–H and O–H groups in total. The quantitative estimate of drug-likeness (QED) is 0.900. The van der Waals surface area contributed by atoms with Gasteiger partial charge in [0.25, 0.3) is 0 Å². The predicted molar refractivity (Wildman–Crippen MR) is 85.8 cm³/mol. The molecule has 2 rings (SSSR count). The van der Waals surface area contributed by atoms with E-state index in [1.54, 1.807) is 0 Å². The van der Waals surface area contributed by atoms with Crippen molar-refractivity contribution in [2.75, 3.05) is 19.6 Å². The molecule has 0 bridgehead atoms. The lowest BCUT2D eigenvalue weighted by molar-refractivity contribution is -0.135. The van der Waals surface area contributed by atoms with E-state index >= 15 is 0 Å². The Morgan fingerprint density at radius 3 is 2.43 bits per heavy atom. The third kappa shape index (κ3) is 4.29. The number of hydrogen-bond acceptors (Lipinski definition) is 3. The monoisotopic (exact) mass is 289 g/mol. The Bertz CT molecular complexity index is 439. The van der Waals surface area contributed by atoms with Gasteiger partial charge in [0.05, 0.1) is 6.54 Å². The molecule has 4 nitrogen and oxygen atoms in total. The minimum absolute atomic E-state index is 0.0755. The van der Waals surface area contributed by atoms with Crippen molar-refractivity contribution in [2.24, 2.45) is 5.73 Å². The summed E-state index contributed by atoms with van der Waals surface area (Å²) in [6.07, 6.45) is 2.08. The first-order valence-electron chi connectivity index (χ1n) is 7.89. The highest BCUT2D eigenvalue weighted by Crippen LogP contribution is 2.20. The lowest BCUT2D eigenvalue weighted by Crippen LogP contribution is -2.51. The van der Waals surface area contributed by atoms with Gasteiger partial charge in [-0.05, 0) is 32.3 Å². The number of carbonyl (C=O) groups is 1. The number of nitrogens with two attached hydrogens (primary N) is 1. The summed E-state index contributed by atoms with van der Waals surface area (Å²) >= 11 is 0. The van der Waals surface area contributed by atoms with Gasteiger partial charge in [-0.1, -0.05) is 30.3 Å². The lowest BCUT2D eigenvalue weighted by atomic mass is 10.0. The second kappa shape index (κ2) is 7.57. The van der Waals surface area contributed by atoms with Crippen LogP contribution in [0.2, 0.25) is 0 Å². The van der Waals surface area contributed by atoms with Gasteiger partial charge in [-0.15, -0.1) is 0 Å². The molecule has 21 heavy (non-hydrogen) atoms. The second-order valence-corrected chi connectivity index (χ2v) is 6.09. The fraction of sp³-hybridized carbons (Fsp3) is 0.588. The summed E-state index contributed by atoms with van der Waals surface area (Å²) < 4.78 is 0. The van der Waals surface area contributed by atoms with Crippen molar-refractivity contribution in [3.05, 3.63) is 35.9 Å². The molecule has 0 radical (unpaired) electrons. The first-order valence-corrected chi connectivity index (χ1v) is 7.89. The van der Waals surface area contributed by atoms with Crippen LogP contribution in [0.4, 0.5) is 0 Å². The number of hydrogen-bond donors (Lipinski definition) is 1. The van der Waals surface area contributed by atoms with Crippen LogP contribution >= 0.6 is 0 Å². The van der Waals surface area contributed by atoms with Crippen molar-refractivity contribution in [1.82, 2.24) is 9.80 Å². The second-order valence-electron chi connectivity index (χ2n) is 6.09. The average molecular weight is 289 g/mol. The SMILES string of the molecule is CC(C)N(C(=O)CN)C1CCN(Cc2ccccc2)CC1. The van der Waals surface area contributed by atoms with E-state index in [2.05, 4.69) is 49.1 Å². The molecule has 1 aliphatic heterocycles. The van der Waals surface area contributed by atoms with Crippen LogP contribution in [-0.2, 0) is 11.3 Å². The largest absolute Gasteiger partial charge is 0.336 e. The predicted octanol–water partition coefficient (Wildman–Crippen LogP) is 1.85. The van der Waals surface area contributed by atoms with Crippen molar-refractivity contribution in [3.8, 4) is 0 Å². The summed E-state index contributed by atoms with van der Waals surface area (Å²) in [6, 6.07) is 11.1. The first kappa shape index (κ1) is 16.0. The summed E-state index contributed by atoms with van der Waals surface area (Å²) in [5.74, 6) is 0.0755. The molecule has 1 saturated heterocycles.